The average Bonchev–Trinajstić information content (AvgIpc) is 2.50. The van der Waals surface area contributed by atoms with Crippen molar-refractivity contribution in [2.75, 3.05) is 0 Å². The first-order valence-corrected chi connectivity index (χ1v) is 8.76. The third-order valence-corrected chi connectivity index (χ3v) is 5.06. The molecule has 0 saturated heterocycles. The summed E-state index contributed by atoms with van der Waals surface area (Å²) < 4.78 is 59.6. The van der Waals surface area contributed by atoms with Gasteiger partial charge >= 0.3 is 5.51 Å². The molecule has 2 aromatic rings. The Hall–Kier alpha value is -1.61. The molecule has 0 heterocycles. The minimum absolute atomic E-state index is 0.0444. The fourth-order valence-electron chi connectivity index (χ4n) is 2.15. The highest BCUT2D eigenvalue weighted by Gasteiger charge is 2.45. The summed E-state index contributed by atoms with van der Waals surface area (Å²) in [6.45, 7) is 0. The average molecular weight is 379 g/mol. The van der Waals surface area contributed by atoms with Gasteiger partial charge in [0, 0.05) is 5.02 Å². The van der Waals surface area contributed by atoms with Crippen LogP contribution in [0.2, 0.25) is 5.02 Å². The summed E-state index contributed by atoms with van der Waals surface area (Å²) >= 11 is 5.82. The lowest BCUT2D eigenvalue weighted by atomic mass is 9.98. The lowest BCUT2D eigenvalue weighted by Crippen LogP contribution is -2.28. The minimum atomic E-state index is -5.27. The molecule has 130 valence electrons. The molecule has 0 aliphatic carbocycles. The zero-order valence-electron chi connectivity index (χ0n) is 12.2. The number of hydrogen-bond acceptors (Lipinski definition) is 4. The van der Waals surface area contributed by atoms with Gasteiger partial charge in [-0.1, -0.05) is 48.0 Å². The summed E-state index contributed by atoms with van der Waals surface area (Å²) in [5, 5.41) is 0.558. The summed E-state index contributed by atoms with van der Waals surface area (Å²) in [5.41, 5.74) is -1.14. The molecule has 9 heteroatoms. The predicted molar refractivity (Wildman–Crippen MR) is 85.7 cm³/mol. The number of hydrogen-bond donors (Lipinski definition) is 2. The molecule has 0 aliphatic rings. The fourth-order valence-corrected chi connectivity index (χ4v) is 3.07. The van der Waals surface area contributed by atoms with Crippen LogP contribution in [-0.2, 0) is 15.6 Å². The first-order valence-electron chi connectivity index (χ1n) is 6.73. The molecular weight excluding hydrogens is 365 g/mol. The highest BCUT2D eigenvalue weighted by Crippen LogP contribution is 2.28. The van der Waals surface area contributed by atoms with Crippen LogP contribution in [0.1, 0.15) is 22.7 Å². The SMILES string of the molecule is NNC(c1ccc(Cl)cc1)c1ccc(CS(=O)(=O)C(F)(F)F)cc1. The first-order chi connectivity index (χ1) is 11.1. The Morgan fingerprint density at radius 1 is 1.00 bits per heavy atom. The van der Waals surface area contributed by atoms with E-state index in [0.29, 0.717) is 10.6 Å². The Morgan fingerprint density at radius 2 is 1.46 bits per heavy atom. The quantitative estimate of drug-likeness (QED) is 0.618. The number of halogens is 4. The summed E-state index contributed by atoms with van der Waals surface area (Å²) in [6.07, 6.45) is 0. The second kappa shape index (κ2) is 7.10. The van der Waals surface area contributed by atoms with Crippen molar-refractivity contribution in [2.24, 2.45) is 5.84 Å². The van der Waals surface area contributed by atoms with Crippen molar-refractivity contribution < 1.29 is 21.6 Å². The Balaban J connectivity index is 2.23. The Morgan fingerprint density at radius 3 is 1.88 bits per heavy atom. The fraction of sp³-hybridized carbons (Fsp3) is 0.200. The van der Waals surface area contributed by atoms with E-state index in [9.17, 15) is 21.6 Å². The summed E-state index contributed by atoms with van der Waals surface area (Å²) in [5.74, 6) is 4.45. The van der Waals surface area contributed by atoms with Crippen LogP contribution in [0.25, 0.3) is 0 Å². The van der Waals surface area contributed by atoms with Crippen LogP contribution >= 0.6 is 11.6 Å². The summed E-state index contributed by atoms with van der Waals surface area (Å²) in [6, 6.07) is 12.2. The number of hydrazine groups is 1. The largest absolute Gasteiger partial charge is 0.497 e. The van der Waals surface area contributed by atoms with Gasteiger partial charge in [-0.25, -0.2) is 13.8 Å². The molecular formula is C15H14ClF3N2O2S. The van der Waals surface area contributed by atoms with E-state index in [4.69, 9.17) is 17.4 Å². The number of nitrogens with two attached hydrogens (primary N) is 1. The number of rotatable bonds is 5. The number of alkyl halides is 3. The molecule has 0 spiro atoms. The Bertz CT molecular complexity index is 791. The molecule has 2 rings (SSSR count). The van der Waals surface area contributed by atoms with Crippen molar-refractivity contribution in [1.29, 1.82) is 0 Å². The molecule has 1 atom stereocenters. The van der Waals surface area contributed by atoms with Crippen molar-refractivity contribution in [1.82, 2.24) is 5.43 Å². The lowest BCUT2D eigenvalue weighted by Gasteiger charge is -2.17. The molecule has 0 saturated carbocycles. The zero-order chi connectivity index (χ0) is 18.0. The van der Waals surface area contributed by atoms with E-state index in [1.54, 1.807) is 24.3 Å². The van der Waals surface area contributed by atoms with E-state index in [0.717, 1.165) is 5.56 Å². The maximum absolute atomic E-state index is 12.4. The smallest absolute Gasteiger partial charge is 0.271 e. The second-order valence-corrected chi connectivity index (χ2v) is 7.52. The molecule has 0 bridgehead atoms. The van der Waals surface area contributed by atoms with Gasteiger partial charge in [-0.05, 0) is 28.8 Å². The van der Waals surface area contributed by atoms with E-state index in [-0.39, 0.29) is 5.56 Å². The van der Waals surface area contributed by atoms with Gasteiger partial charge in [-0.3, -0.25) is 5.84 Å². The normalized spacial score (nSPS) is 13.7. The van der Waals surface area contributed by atoms with Crippen molar-refractivity contribution in [3.8, 4) is 0 Å². The van der Waals surface area contributed by atoms with Gasteiger partial charge in [-0.15, -0.1) is 0 Å². The van der Waals surface area contributed by atoms with Gasteiger partial charge < -0.3 is 0 Å². The maximum Gasteiger partial charge on any atom is 0.497 e. The molecule has 1 unspecified atom stereocenters. The van der Waals surface area contributed by atoms with Crippen LogP contribution in [0.5, 0.6) is 0 Å². The van der Waals surface area contributed by atoms with Crippen molar-refractivity contribution in [3.05, 3.63) is 70.2 Å². The van der Waals surface area contributed by atoms with Crippen LogP contribution < -0.4 is 11.3 Å². The first kappa shape index (κ1) is 18.7. The van der Waals surface area contributed by atoms with E-state index in [2.05, 4.69) is 5.43 Å². The van der Waals surface area contributed by atoms with Crippen molar-refractivity contribution in [2.45, 2.75) is 17.3 Å². The van der Waals surface area contributed by atoms with Crippen molar-refractivity contribution >= 4 is 21.4 Å². The third kappa shape index (κ3) is 4.27. The Kier molecular flexibility index (Phi) is 5.54. The molecule has 0 radical (unpaired) electrons. The molecule has 0 fully saturated rings. The van der Waals surface area contributed by atoms with Gasteiger partial charge in [0.1, 0.15) is 0 Å². The van der Waals surface area contributed by atoms with E-state index < -0.39 is 27.1 Å². The van der Waals surface area contributed by atoms with Gasteiger partial charge in [0.2, 0.25) is 0 Å². The highest BCUT2D eigenvalue weighted by molar-refractivity contribution is 7.91. The lowest BCUT2D eigenvalue weighted by molar-refractivity contribution is -0.0437. The topological polar surface area (TPSA) is 72.2 Å². The molecule has 0 aromatic heterocycles. The summed E-state index contributed by atoms with van der Waals surface area (Å²) in [4.78, 5) is 0. The third-order valence-electron chi connectivity index (χ3n) is 3.39. The molecule has 24 heavy (non-hydrogen) atoms. The molecule has 4 nitrogen and oxygen atoms in total. The van der Waals surface area contributed by atoms with Crippen LogP contribution in [0.4, 0.5) is 13.2 Å². The van der Waals surface area contributed by atoms with Gasteiger partial charge in [0.15, 0.2) is 0 Å². The predicted octanol–water partition coefficient (Wildman–Crippen LogP) is 3.33. The molecule has 3 N–H and O–H groups in total. The standard InChI is InChI=1S/C15H14ClF3N2O2S/c16-13-7-5-12(6-8-13)14(21-20)11-3-1-10(2-4-11)9-24(22,23)15(17,18)19/h1-8,14,21H,9,20H2. The number of sulfone groups is 1. The monoisotopic (exact) mass is 378 g/mol. The van der Waals surface area contributed by atoms with Gasteiger partial charge in [-0.2, -0.15) is 13.2 Å². The molecule has 0 amide bonds. The zero-order valence-corrected chi connectivity index (χ0v) is 13.8. The summed E-state index contributed by atoms with van der Waals surface area (Å²) in [7, 11) is -5.20. The second-order valence-electron chi connectivity index (χ2n) is 5.10. The van der Waals surface area contributed by atoms with E-state index >= 15 is 0 Å². The Labute approximate surface area is 142 Å². The highest BCUT2D eigenvalue weighted by atomic mass is 35.5. The van der Waals surface area contributed by atoms with Crippen molar-refractivity contribution in [3.63, 3.8) is 0 Å². The van der Waals surface area contributed by atoms with Crippen LogP contribution in [-0.4, -0.2) is 13.9 Å². The number of benzene rings is 2. The van der Waals surface area contributed by atoms with Crippen LogP contribution in [0.15, 0.2) is 48.5 Å². The molecule has 0 aliphatic heterocycles. The van der Waals surface area contributed by atoms with E-state index in [1.165, 1.54) is 24.3 Å². The maximum atomic E-state index is 12.4. The van der Waals surface area contributed by atoms with Gasteiger partial charge in [0.05, 0.1) is 11.8 Å². The van der Waals surface area contributed by atoms with E-state index in [1.807, 2.05) is 0 Å². The number of nitrogens with one attached hydrogen (secondary N) is 1. The van der Waals surface area contributed by atoms with Crippen LogP contribution in [0.3, 0.4) is 0 Å². The van der Waals surface area contributed by atoms with Gasteiger partial charge in [0.25, 0.3) is 9.84 Å². The minimum Gasteiger partial charge on any atom is -0.271 e. The molecule has 2 aromatic carbocycles. The van der Waals surface area contributed by atoms with Crippen LogP contribution in [0, 0.1) is 0 Å².